The van der Waals surface area contributed by atoms with Crippen molar-refractivity contribution in [3.8, 4) is 34.4 Å². The summed E-state index contributed by atoms with van der Waals surface area (Å²) in [5.41, 5.74) is 5.63. The van der Waals surface area contributed by atoms with Crippen molar-refractivity contribution in [1.29, 1.82) is 10.5 Å². The van der Waals surface area contributed by atoms with Crippen LogP contribution >= 0.6 is 0 Å². The summed E-state index contributed by atoms with van der Waals surface area (Å²) in [6, 6.07) is 21.6. The average molecular weight is 465 g/mol. The van der Waals surface area contributed by atoms with E-state index in [1.54, 1.807) is 18.2 Å². The van der Waals surface area contributed by atoms with E-state index in [9.17, 15) is 20.4 Å². The molecule has 0 saturated heterocycles. The number of aryl methyl sites for hydroxylation is 2. The van der Waals surface area contributed by atoms with E-state index in [-0.39, 0.29) is 11.1 Å². The fourth-order valence-corrected chi connectivity index (χ4v) is 4.46. The predicted octanol–water partition coefficient (Wildman–Crippen LogP) is 7.93. The highest BCUT2D eigenvalue weighted by Gasteiger charge is 2.20. The Morgan fingerprint density at radius 3 is 1.97 bits per heavy atom. The molecule has 0 fully saturated rings. The quantitative estimate of drug-likeness (QED) is 0.292. The zero-order chi connectivity index (χ0) is 25.2. The smallest absolute Gasteiger partial charge is 0.336 e. The molecule has 35 heavy (non-hydrogen) atoms. The van der Waals surface area contributed by atoms with Gasteiger partial charge in [-0.25, -0.2) is 4.79 Å². The van der Waals surface area contributed by atoms with Crippen LogP contribution in [-0.4, -0.2) is 11.1 Å². The van der Waals surface area contributed by atoms with Gasteiger partial charge in [-0.1, -0.05) is 82.0 Å². The second-order valence-corrected chi connectivity index (χ2v) is 8.92. The maximum atomic E-state index is 12.1. The molecule has 0 unspecified atom stereocenters. The van der Waals surface area contributed by atoms with E-state index in [1.807, 2.05) is 12.1 Å². The van der Waals surface area contributed by atoms with Gasteiger partial charge < -0.3 is 5.11 Å². The Kier molecular flexibility index (Phi) is 9.22. The Hall–Kier alpha value is -3.89. The van der Waals surface area contributed by atoms with E-state index in [0.29, 0.717) is 16.7 Å². The number of carbonyl (C=O) groups is 1. The summed E-state index contributed by atoms with van der Waals surface area (Å²) >= 11 is 0. The van der Waals surface area contributed by atoms with Crippen molar-refractivity contribution in [2.75, 3.05) is 0 Å². The minimum atomic E-state index is -1.06. The molecule has 0 saturated carbocycles. The monoisotopic (exact) mass is 464 g/mol. The highest BCUT2D eigenvalue weighted by atomic mass is 16.4. The Morgan fingerprint density at radius 2 is 1.37 bits per heavy atom. The van der Waals surface area contributed by atoms with E-state index < -0.39 is 5.97 Å². The van der Waals surface area contributed by atoms with E-state index in [2.05, 4.69) is 50.3 Å². The third kappa shape index (κ3) is 6.17. The highest BCUT2D eigenvalue weighted by molar-refractivity contribution is 5.98. The van der Waals surface area contributed by atoms with E-state index in [1.165, 1.54) is 24.8 Å². The zero-order valence-electron chi connectivity index (χ0n) is 20.6. The van der Waals surface area contributed by atoms with E-state index >= 15 is 0 Å². The van der Waals surface area contributed by atoms with Gasteiger partial charge in [-0.2, -0.15) is 10.5 Å². The molecule has 178 valence electrons. The van der Waals surface area contributed by atoms with Crippen LogP contribution in [0.2, 0.25) is 0 Å². The van der Waals surface area contributed by atoms with Crippen LogP contribution in [0.5, 0.6) is 0 Å². The molecule has 0 aromatic heterocycles. The van der Waals surface area contributed by atoms with Crippen LogP contribution in [-0.2, 0) is 12.8 Å². The molecule has 3 rings (SSSR count). The van der Waals surface area contributed by atoms with Gasteiger partial charge in [0.05, 0.1) is 16.7 Å². The lowest BCUT2D eigenvalue weighted by Crippen LogP contribution is -2.03. The van der Waals surface area contributed by atoms with Crippen LogP contribution in [0, 0.1) is 22.7 Å². The molecule has 0 radical (unpaired) electrons. The normalized spacial score (nSPS) is 10.5. The van der Waals surface area contributed by atoms with E-state index in [4.69, 9.17) is 0 Å². The lowest BCUT2D eigenvalue weighted by atomic mass is 9.87. The van der Waals surface area contributed by atoms with Crippen molar-refractivity contribution in [1.82, 2.24) is 0 Å². The third-order valence-electron chi connectivity index (χ3n) is 6.46. The minimum Gasteiger partial charge on any atom is -0.478 e. The molecular weight excluding hydrogens is 432 g/mol. The maximum absolute atomic E-state index is 12.1. The molecule has 3 aromatic carbocycles. The molecule has 0 bridgehead atoms. The summed E-state index contributed by atoms with van der Waals surface area (Å²) in [5.74, 6) is -1.06. The number of benzene rings is 3. The van der Waals surface area contributed by atoms with Crippen LogP contribution in [0.1, 0.15) is 85.0 Å². The van der Waals surface area contributed by atoms with Gasteiger partial charge in [0.1, 0.15) is 12.1 Å². The number of hydrogen-bond acceptors (Lipinski definition) is 3. The summed E-state index contributed by atoms with van der Waals surface area (Å²) in [5, 5.41) is 29.7. The predicted molar refractivity (Wildman–Crippen MR) is 140 cm³/mol. The number of unbranched alkanes of at least 4 members (excludes halogenated alkanes) is 4. The summed E-state index contributed by atoms with van der Waals surface area (Å²) in [6.07, 6.45) is 8.41. The second kappa shape index (κ2) is 12.5. The van der Waals surface area contributed by atoms with Crippen LogP contribution in [0.4, 0.5) is 0 Å². The summed E-state index contributed by atoms with van der Waals surface area (Å²) < 4.78 is 0. The SMILES string of the molecule is CCCCCc1ccc(-c2ccc(C(=O)O)c(-c3ccc(CCCCC)c(C#N)c3C#N)c2)cc1. The van der Waals surface area contributed by atoms with Crippen LogP contribution < -0.4 is 0 Å². The van der Waals surface area contributed by atoms with Crippen molar-refractivity contribution < 1.29 is 9.90 Å². The Morgan fingerprint density at radius 1 is 0.743 bits per heavy atom. The number of carboxylic acid groups (broad SMARTS) is 1. The van der Waals surface area contributed by atoms with Gasteiger partial charge in [0, 0.05) is 5.56 Å². The van der Waals surface area contributed by atoms with Gasteiger partial charge in [-0.15, -0.1) is 0 Å². The van der Waals surface area contributed by atoms with E-state index in [0.717, 1.165) is 48.8 Å². The van der Waals surface area contributed by atoms with Crippen molar-refractivity contribution in [3.05, 3.63) is 82.4 Å². The zero-order valence-corrected chi connectivity index (χ0v) is 20.6. The Bertz CT molecular complexity index is 1260. The first-order valence-corrected chi connectivity index (χ1v) is 12.5. The average Bonchev–Trinajstić information content (AvgIpc) is 2.88. The van der Waals surface area contributed by atoms with Crippen molar-refractivity contribution in [3.63, 3.8) is 0 Å². The van der Waals surface area contributed by atoms with Crippen molar-refractivity contribution in [2.24, 2.45) is 0 Å². The molecule has 0 amide bonds. The Labute approximate surface area is 208 Å². The first-order chi connectivity index (χ1) is 17.0. The molecule has 4 heteroatoms. The first kappa shape index (κ1) is 25.7. The number of nitrogens with zero attached hydrogens (tertiary/aromatic N) is 2. The largest absolute Gasteiger partial charge is 0.478 e. The first-order valence-electron chi connectivity index (χ1n) is 12.5. The molecule has 0 spiro atoms. The Balaban J connectivity index is 2.06. The maximum Gasteiger partial charge on any atom is 0.336 e. The lowest BCUT2D eigenvalue weighted by Gasteiger charge is -2.14. The van der Waals surface area contributed by atoms with Gasteiger partial charge in [-0.05, 0) is 65.6 Å². The molecule has 1 N–H and O–H groups in total. The molecule has 0 aliphatic carbocycles. The standard InChI is InChI=1S/C31H32N2O2/c1-3-5-7-9-22-11-13-23(14-12-22)25-16-18-27(31(34)35)28(19-25)26-17-15-24(10-8-6-4-2)29(20-32)30(26)21-33/h11-19H,3-10H2,1-2H3,(H,34,35). The molecule has 4 nitrogen and oxygen atoms in total. The molecule has 0 atom stereocenters. The molecule has 0 heterocycles. The topological polar surface area (TPSA) is 84.9 Å². The van der Waals surface area contributed by atoms with Gasteiger partial charge in [-0.3, -0.25) is 0 Å². The lowest BCUT2D eigenvalue weighted by molar-refractivity contribution is 0.0697. The minimum absolute atomic E-state index is 0.115. The molecule has 0 aliphatic heterocycles. The van der Waals surface area contributed by atoms with Crippen molar-refractivity contribution in [2.45, 2.75) is 65.2 Å². The number of nitriles is 2. The van der Waals surface area contributed by atoms with Gasteiger partial charge in [0.15, 0.2) is 0 Å². The van der Waals surface area contributed by atoms with Crippen LogP contribution in [0.25, 0.3) is 22.3 Å². The third-order valence-corrected chi connectivity index (χ3v) is 6.46. The molecule has 0 aliphatic rings. The summed E-state index contributed by atoms with van der Waals surface area (Å²) in [4.78, 5) is 12.1. The summed E-state index contributed by atoms with van der Waals surface area (Å²) in [6.45, 7) is 4.31. The van der Waals surface area contributed by atoms with Gasteiger partial charge >= 0.3 is 5.97 Å². The van der Waals surface area contributed by atoms with Gasteiger partial charge in [0.25, 0.3) is 0 Å². The van der Waals surface area contributed by atoms with Crippen LogP contribution in [0.15, 0.2) is 54.6 Å². The fraction of sp³-hybridized carbons (Fsp3) is 0.323. The fourth-order valence-electron chi connectivity index (χ4n) is 4.46. The number of carboxylic acids is 1. The number of hydrogen-bond donors (Lipinski definition) is 1. The van der Waals surface area contributed by atoms with Crippen LogP contribution in [0.3, 0.4) is 0 Å². The molecule has 3 aromatic rings. The summed E-state index contributed by atoms with van der Waals surface area (Å²) in [7, 11) is 0. The number of aromatic carboxylic acids is 1. The molecular formula is C31H32N2O2. The second-order valence-electron chi connectivity index (χ2n) is 8.92. The number of rotatable bonds is 11. The van der Waals surface area contributed by atoms with Crippen molar-refractivity contribution >= 4 is 5.97 Å². The van der Waals surface area contributed by atoms with Gasteiger partial charge in [0.2, 0.25) is 0 Å². The highest BCUT2D eigenvalue weighted by Crippen LogP contribution is 2.34.